The third-order valence-corrected chi connectivity index (χ3v) is 3.08. The van der Waals surface area contributed by atoms with Gasteiger partial charge in [0.05, 0.1) is 0 Å². The molecule has 0 aromatic carbocycles. The van der Waals surface area contributed by atoms with Crippen molar-refractivity contribution in [3.05, 3.63) is 24.3 Å². The van der Waals surface area contributed by atoms with Gasteiger partial charge in [0.15, 0.2) is 0 Å². The molecule has 0 unspecified atom stereocenters. The van der Waals surface area contributed by atoms with E-state index in [2.05, 4.69) is 18.9 Å². The molecule has 0 saturated carbocycles. The molecule has 2 nitrogen and oxygen atoms in total. The Hall–Kier alpha value is -1.49. The summed E-state index contributed by atoms with van der Waals surface area (Å²) in [6.45, 7) is 2.25. The third-order valence-electron chi connectivity index (χ3n) is 3.08. The molecule has 0 aliphatic carbocycles. The number of rotatable bonds is 11. The lowest BCUT2D eigenvalue weighted by Gasteiger charge is -2.00. The molecule has 0 rings (SSSR count). The van der Waals surface area contributed by atoms with Crippen molar-refractivity contribution < 1.29 is 9.90 Å². The van der Waals surface area contributed by atoms with Gasteiger partial charge in [-0.2, -0.15) is 0 Å². The Labute approximate surface area is 124 Å². The minimum atomic E-state index is -1.09. The number of aliphatic carboxylic acids is 1. The van der Waals surface area contributed by atoms with Crippen LogP contribution < -0.4 is 0 Å². The maximum absolute atomic E-state index is 10.1. The second-order valence-electron chi connectivity index (χ2n) is 4.98. The Morgan fingerprint density at radius 3 is 2.15 bits per heavy atom. The van der Waals surface area contributed by atoms with Gasteiger partial charge in [-0.1, -0.05) is 82.4 Å². The fraction of sp³-hybridized carbons (Fsp3) is 0.611. The SMILES string of the molecule is CCCCCCCCCCCC=CC=CC#CC(=O)O. The van der Waals surface area contributed by atoms with Gasteiger partial charge in [-0.05, 0) is 18.9 Å². The van der Waals surface area contributed by atoms with Crippen LogP contribution in [0.5, 0.6) is 0 Å². The summed E-state index contributed by atoms with van der Waals surface area (Å²) in [5.74, 6) is 3.39. The minimum Gasteiger partial charge on any atom is -0.472 e. The molecule has 0 aliphatic rings. The fourth-order valence-corrected chi connectivity index (χ4v) is 1.95. The molecule has 2 heteroatoms. The van der Waals surface area contributed by atoms with E-state index in [9.17, 15) is 4.79 Å². The minimum absolute atomic E-state index is 1.09. The summed E-state index contributed by atoms with van der Waals surface area (Å²) < 4.78 is 0. The first kappa shape index (κ1) is 18.5. The van der Waals surface area contributed by atoms with Gasteiger partial charge in [-0.3, -0.25) is 0 Å². The first-order chi connectivity index (χ1) is 9.77. The van der Waals surface area contributed by atoms with Crippen molar-refractivity contribution in [2.75, 3.05) is 0 Å². The topological polar surface area (TPSA) is 37.3 Å². The van der Waals surface area contributed by atoms with Crippen molar-refractivity contribution in [3.63, 3.8) is 0 Å². The molecule has 0 aromatic rings. The van der Waals surface area contributed by atoms with Crippen LogP contribution in [0.25, 0.3) is 0 Å². The van der Waals surface area contributed by atoms with E-state index in [1.54, 1.807) is 12.2 Å². The number of hydrogen-bond donors (Lipinski definition) is 1. The Balaban J connectivity index is 3.28. The Bertz CT molecular complexity index is 342. The molecule has 0 aromatic heterocycles. The summed E-state index contributed by atoms with van der Waals surface area (Å²) in [7, 11) is 0. The number of unbranched alkanes of at least 4 members (excludes halogenated alkanes) is 9. The van der Waals surface area contributed by atoms with E-state index in [0.717, 1.165) is 6.42 Å². The molecular weight excluding hydrogens is 248 g/mol. The fourth-order valence-electron chi connectivity index (χ4n) is 1.95. The monoisotopic (exact) mass is 276 g/mol. The molecule has 0 fully saturated rings. The number of carboxylic acid groups (broad SMARTS) is 1. The van der Waals surface area contributed by atoms with Gasteiger partial charge in [0.2, 0.25) is 0 Å². The van der Waals surface area contributed by atoms with Gasteiger partial charge in [0.1, 0.15) is 0 Å². The van der Waals surface area contributed by atoms with E-state index < -0.39 is 5.97 Å². The summed E-state index contributed by atoms with van der Waals surface area (Å²) >= 11 is 0. The Kier molecular flexibility index (Phi) is 14.4. The molecule has 0 saturated heterocycles. The summed E-state index contributed by atoms with van der Waals surface area (Å²) in [5, 5.41) is 8.29. The average molecular weight is 276 g/mol. The van der Waals surface area contributed by atoms with Gasteiger partial charge in [-0.15, -0.1) is 0 Å². The van der Waals surface area contributed by atoms with Crippen LogP contribution >= 0.6 is 0 Å². The van der Waals surface area contributed by atoms with E-state index in [4.69, 9.17) is 5.11 Å². The summed E-state index contributed by atoms with van der Waals surface area (Å²) in [6.07, 6.45) is 20.6. The zero-order valence-corrected chi connectivity index (χ0v) is 12.7. The van der Waals surface area contributed by atoms with Gasteiger partial charge >= 0.3 is 5.97 Å². The van der Waals surface area contributed by atoms with Crippen LogP contribution in [0, 0.1) is 11.8 Å². The van der Waals surface area contributed by atoms with Crippen LogP contribution in [0.4, 0.5) is 0 Å². The van der Waals surface area contributed by atoms with Gasteiger partial charge in [-0.25, -0.2) is 4.79 Å². The van der Waals surface area contributed by atoms with Crippen LogP contribution in [0.2, 0.25) is 0 Å². The van der Waals surface area contributed by atoms with Gasteiger partial charge in [0.25, 0.3) is 0 Å². The van der Waals surface area contributed by atoms with Crippen molar-refractivity contribution >= 4 is 5.97 Å². The molecule has 0 atom stereocenters. The molecular formula is C18H28O2. The average Bonchev–Trinajstić information content (AvgIpc) is 2.43. The lowest BCUT2D eigenvalue weighted by atomic mass is 10.1. The second-order valence-corrected chi connectivity index (χ2v) is 4.98. The molecule has 1 N–H and O–H groups in total. The predicted molar refractivity (Wildman–Crippen MR) is 85.5 cm³/mol. The zero-order valence-electron chi connectivity index (χ0n) is 12.7. The summed E-state index contributed by atoms with van der Waals surface area (Å²) in [5.41, 5.74) is 0. The molecule has 0 radical (unpaired) electrons. The predicted octanol–water partition coefficient (Wildman–Crippen LogP) is 5.11. The van der Waals surface area contributed by atoms with Crippen LogP contribution in [0.15, 0.2) is 24.3 Å². The first-order valence-corrected chi connectivity index (χ1v) is 7.83. The van der Waals surface area contributed by atoms with E-state index in [1.807, 2.05) is 12.0 Å². The molecule has 0 spiro atoms. The highest BCUT2D eigenvalue weighted by Crippen LogP contribution is 2.10. The zero-order chi connectivity index (χ0) is 14.9. The standard InChI is InChI=1S/C18H28O2/c1-2-3-4-5-6-7-8-9-10-11-12-13-14-15-16-17-18(19)20/h12-15H,2-11H2,1H3,(H,19,20). The molecule has 0 aliphatic heterocycles. The smallest absolute Gasteiger partial charge is 0.382 e. The quantitative estimate of drug-likeness (QED) is 0.323. The van der Waals surface area contributed by atoms with Crippen molar-refractivity contribution in [2.24, 2.45) is 0 Å². The van der Waals surface area contributed by atoms with Crippen molar-refractivity contribution in [3.8, 4) is 11.8 Å². The van der Waals surface area contributed by atoms with Gasteiger partial charge < -0.3 is 5.11 Å². The van der Waals surface area contributed by atoms with Crippen molar-refractivity contribution in [1.82, 2.24) is 0 Å². The van der Waals surface area contributed by atoms with Crippen LogP contribution in [0.3, 0.4) is 0 Å². The van der Waals surface area contributed by atoms with E-state index >= 15 is 0 Å². The van der Waals surface area contributed by atoms with Crippen LogP contribution in [-0.2, 0) is 4.79 Å². The molecule has 0 heterocycles. The maximum atomic E-state index is 10.1. The van der Waals surface area contributed by atoms with E-state index in [-0.39, 0.29) is 0 Å². The highest BCUT2D eigenvalue weighted by molar-refractivity contribution is 5.86. The van der Waals surface area contributed by atoms with Crippen molar-refractivity contribution in [1.29, 1.82) is 0 Å². The third kappa shape index (κ3) is 16.5. The number of carbonyl (C=O) groups is 1. The second kappa shape index (κ2) is 15.6. The van der Waals surface area contributed by atoms with Gasteiger partial charge in [0, 0.05) is 5.92 Å². The molecule has 0 bridgehead atoms. The number of hydrogen-bond acceptors (Lipinski definition) is 1. The van der Waals surface area contributed by atoms with Crippen LogP contribution in [0.1, 0.15) is 71.1 Å². The molecule has 112 valence electrons. The highest BCUT2D eigenvalue weighted by Gasteiger charge is 1.90. The Morgan fingerprint density at radius 1 is 0.950 bits per heavy atom. The lowest BCUT2D eigenvalue weighted by Crippen LogP contribution is -1.85. The van der Waals surface area contributed by atoms with E-state index in [0.29, 0.717) is 0 Å². The van der Waals surface area contributed by atoms with Crippen molar-refractivity contribution in [2.45, 2.75) is 71.1 Å². The number of allylic oxidation sites excluding steroid dienone is 4. The Morgan fingerprint density at radius 2 is 1.55 bits per heavy atom. The van der Waals surface area contributed by atoms with E-state index in [1.165, 1.54) is 57.8 Å². The largest absolute Gasteiger partial charge is 0.472 e. The maximum Gasteiger partial charge on any atom is 0.382 e. The van der Waals surface area contributed by atoms with Crippen LogP contribution in [-0.4, -0.2) is 11.1 Å². The molecule has 20 heavy (non-hydrogen) atoms. The number of carboxylic acids is 1. The molecule has 0 amide bonds. The summed E-state index contributed by atoms with van der Waals surface area (Å²) in [6, 6.07) is 0. The first-order valence-electron chi connectivity index (χ1n) is 7.83. The highest BCUT2D eigenvalue weighted by atomic mass is 16.4. The lowest BCUT2D eigenvalue weighted by molar-refractivity contribution is -0.130. The summed E-state index contributed by atoms with van der Waals surface area (Å²) in [4.78, 5) is 10.1. The normalized spacial score (nSPS) is 10.8.